The first-order chi connectivity index (χ1) is 10.8. The monoisotopic (exact) mass is 286 g/mol. The zero-order valence-electron chi connectivity index (χ0n) is 11.9. The van der Waals surface area contributed by atoms with Gasteiger partial charge in [0.2, 0.25) is 0 Å². The van der Waals surface area contributed by atoms with Gasteiger partial charge in [0.05, 0.1) is 16.7 Å². The fourth-order valence-electron chi connectivity index (χ4n) is 2.56. The van der Waals surface area contributed by atoms with Gasteiger partial charge in [0.15, 0.2) is 5.75 Å². The first kappa shape index (κ1) is 12.7. The molecule has 3 heteroatoms. The minimum absolute atomic E-state index is 0.605. The Morgan fingerprint density at radius 2 is 1.55 bits per heavy atom. The summed E-state index contributed by atoms with van der Waals surface area (Å²) in [5, 5.41) is 1.99. The first-order valence-electron chi connectivity index (χ1n) is 7.12. The Balaban J connectivity index is 1.95. The summed E-state index contributed by atoms with van der Waals surface area (Å²) in [6.07, 6.45) is 0. The summed E-state index contributed by atoms with van der Waals surface area (Å²) in [6.45, 7) is 0. The lowest BCUT2D eigenvalue weighted by atomic mass is 10.1. The van der Waals surface area contributed by atoms with E-state index in [1.54, 1.807) is 0 Å². The Morgan fingerprint density at radius 3 is 2.41 bits per heavy atom. The number of pyridine rings is 1. The van der Waals surface area contributed by atoms with Gasteiger partial charge in [-0.2, -0.15) is 0 Å². The highest BCUT2D eigenvalue weighted by molar-refractivity contribution is 5.98. The van der Waals surface area contributed by atoms with Crippen LogP contribution in [0.15, 0.2) is 72.8 Å². The molecule has 0 saturated heterocycles. The molecular formula is C19H14N2O. The number of anilines is 1. The number of ether oxygens (including phenoxy) is 1. The number of hydrogen-bond donors (Lipinski definition) is 1. The van der Waals surface area contributed by atoms with E-state index in [-0.39, 0.29) is 0 Å². The second-order valence-corrected chi connectivity index (χ2v) is 5.15. The molecule has 0 amide bonds. The minimum Gasteiger partial charge on any atom is -0.454 e. The maximum atomic E-state index is 6.13. The number of fused-ring (bicyclic) bond motifs is 2. The van der Waals surface area contributed by atoms with Crippen molar-refractivity contribution in [1.82, 2.24) is 4.98 Å². The van der Waals surface area contributed by atoms with Crippen molar-refractivity contribution in [3.63, 3.8) is 0 Å². The summed E-state index contributed by atoms with van der Waals surface area (Å²) < 4.78 is 6.01. The van der Waals surface area contributed by atoms with Gasteiger partial charge in [0.1, 0.15) is 5.75 Å². The second kappa shape index (κ2) is 5.04. The third-order valence-corrected chi connectivity index (χ3v) is 3.64. The lowest BCUT2D eigenvalue weighted by Crippen LogP contribution is -1.94. The Kier molecular flexibility index (Phi) is 2.90. The van der Waals surface area contributed by atoms with Crippen molar-refractivity contribution in [1.29, 1.82) is 0 Å². The quantitative estimate of drug-likeness (QED) is 0.427. The average molecular weight is 286 g/mol. The first-order valence-corrected chi connectivity index (χ1v) is 7.12. The van der Waals surface area contributed by atoms with E-state index < -0.39 is 0 Å². The normalized spacial score (nSPS) is 10.9. The van der Waals surface area contributed by atoms with Crippen LogP contribution in [0.25, 0.3) is 21.8 Å². The molecule has 4 aromatic rings. The molecule has 0 bridgehead atoms. The van der Waals surface area contributed by atoms with Gasteiger partial charge in [0.25, 0.3) is 0 Å². The number of nitrogens with zero attached hydrogens (tertiary/aromatic N) is 1. The smallest absolute Gasteiger partial charge is 0.159 e. The van der Waals surface area contributed by atoms with E-state index in [2.05, 4.69) is 11.1 Å². The van der Waals surface area contributed by atoms with Gasteiger partial charge in [-0.15, -0.1) is 0 Å². The van der Waals surface area contributed by atoms with Gasteiger partial charge in [0, 0.05) is 10.8 Å². The van der Waals surface area contributed by atoms with Crippen LogP contribution >= 0.6 is 0 Å². The molecule has 0 spiro atoms. The molecule has 0 unspecified atom stereocenters. The molecule has 1 aromatic heterocycles. The number of nitrogens with two attached hydrogens (primary N) is 1. The molecular weight excluding hydrogens is 272 g/mol. The third-order valence-electron chi connectivity index (χ3n) is 3.64. The lowest BCUT2D eigenvalue weighted by Gasteiger charge is -2.12. The third kappa shape index (κ3) is 2.13. The van der Waals surface area contributed by atoms with E-state index in [0.29, 0.717) is 11.4 Å². The van der Waals surface area contributed by atoms with Crippen LogP contribution in [0.3, 0.4) is 0 Å². The highest BCUT2D eigenvalue weighted by atomic mass is 16.5. The van der Waals surface area contributed by atoms with E-state index in [4.69, 9.17) is 10.5 Å². The van der Waals surface area contributed by atoms with E-state index in [1.807, 2.05) is 66.7 Å². The van der Waals surface area contributed by atoms with Crippen LogP contribution in [-0.4, -0.2) is 4.98 Å². The molecule has 2 N–H and O–H groups in total. The Labute approximate surface area is 128 Å². The van der Waals surface area contributed by atoms with Crippen LogP contribution in [-0.2, 0) is 0 Å². The number of hydrogen-bond acceptors (Lipinski definition) is 3. The molecule has 3 nitrogen and oxygen atoms in total. The molecule has 3 aromatic carbocycles. The Bertz CT molecular complexity index is 965. The summed E-state index contributed by atoms with van der Waals surface area (Å²) in [5.41, 5.74) is 8.57. The lowest BCUT2D eigenvalue weighted by molar-refractivity contribution is 0.490. The SMILES string of the molecule is Nc1ccc2nc3ccccc3cc2c1Oc1ccccc1. The van der Waals surface area contributed by atoms with E-state index in [1.165, 1.54) is 0 Å². The standard InChI is InChI=1S/C19H14N2O/c20-16-10-11-18-15(12-13-6-4-5-9-17(13)21-18)19(16)22-14-7-2-1-3-8-14/h1-12H,20H2. The number of nitrogen functional groups attached to an aromatic ring is 1. The summed E-state index contributed by atoms with van der Waals surface area (Å²) >= 11 is 0. The van der Waals surface area contributed by atoms with Crippen molar-refractivity contribution < 1.29 is 4.74 Å². The topological polar surface area (TPSA) is 48.1 Å². The number of aromatic nitrogens is 1. The largest absolute Gasteiger partial charge is 0.454 e. The van der Waals surface area contributed by atoms with Crippen molar-refractivity contribution in [2.45, 2.75) is 0 Å². The van der Waals surface area contributed by atoms with Gasteiger partial charge >= 0.3 is 0 Å². The summed E-state index contributed by atoms with van der Waals surface area (Å²) in [5.74, 6) is 1.41. The summed E-state index contributed by atoms with van der Waals surface area (Å²) in [4.78, 5) is 4.69. The molecule has 0 aliphatic heterocycles. The van der Waals surface area contributed by atoms with Crippen molar-refractivity contribution in [2.75, 3.05) is 5.73 Å². The highest BCUT2D eigenvalue weighted by Gasteiger charge is 2.10. The average Bonchev–Trinajstić information content (AvgIpc) is 2.57. The van der Waals surface area contributed by atoms with Crippen molar-refractivity contribution in [2.24, 2.45) is 0 Å². The van der Waals surface area contributed by atoms with Gasteiger partial charge in [-0.25, -0.2) is 4.98 Å². The van der Waals surface area contributed by atoms with Gasteiger partial charge < -0.3 is 10.5 Å². The van der Waals surface area contributed by atoms with Crippen molar-refractivity contribution >= 4 is 27.5 Å². The van der Waals surface area contributed by atoms with Crippen LogP contribution in [0.5, 0.6) is 11.5 Å². The Morgan fingerprint density at radius 1 is 0.773 bits per heavy atom. The van der Waals surface area contributed by atoms with Gasteiger partial charge in [-0.3, -0.25) is 0 Å². The molecule has 0 aliphatic carbocycles. The fourth-order valence-corrected chi connectivity index (χ4v) is 2.56. The molecule has 106 valence electrons. The predicted octanol–water partition coefficient (Wildman–Crippen LogP) is 4.76. The van der Waals surface area contributed by atoms with E-state index in [0.717, 1.165) is 27.6 Å². The second-order valence-electron chi connectivity index (χ2n) is 5.15. The fraction of sp³-hybridized carbons (Fsp3) is 0. The van der Waals surface area contributed by atoms with Crippen LogP contribution in [0.2, 0.25) is 0 Å². The molecule has 1 heterocycles. The van der Waals surface area contributed by atoms with Crippen molar-refractivity contribution in [3.05, 3.63) is 72.8 Å². The minimum atomic E-state index is 0.605. The zero-order chi connectivity index (χ0) is 14.9. The number of para-hydroxylation sites is 2. The van der Waals surface area contributed by atoms with Gasteiger partial charge in [-0.1, -0.05) is 36.4 Å². The maximum absolute atomic E-state index is 6.13. The molecule has 4 rings (SSSR count). The molecule has 0 fully saturated rings. The zero-order valence-corrected chi connectivity index (χ0v) is 11.9. The van der Waals surface area contributed by atoms with Crippen LogP contribution in [0.4, 0.5) is 5.69 Å². The Hall–Kier alpha value is -3.07. The molecule has 0 atom stereocenters. The van der Waals surface area contributed by atoms with Crippen LogP contribution in [0, 0.1) is 0 Å². The van der Waals surface area contributed by atoms with Crippen LogP contribution in [0.1, 0.15) is 0 Å². The molecule has 0 radical (unpaired) electrons. The number of rotatable bonds is 2. The van der Waals surface area contributed by atoms with Crippen LogP contribution < -0.4 is 10.5 Å². The maximum Gasteiger partial charge on any atom is 0.159 e. The predicted molar refractivity (Wildman–Crippen MR) is 90.2 cm³/mol. The van der Waals surface area contributed by atoms with E-state index >= 15 is 0 Å². The number of benzene rings is 3. The molecule has 0 aliphatic rings. The van der Waals surface area contributed by atoms with Gasteiger partial charge in [-0.05, 0) is 36.4 Å². The van der Waals surface area contributed by atoms with E-state index in [9.17, 15) is 0 Å². The van der Waals surface area contributed by atoms with Crippen molar-refractivity contribution in [3.8, 4) is 11.5 Å². The molecule has 0 saturated carbocycles. The summed E-state index contributed by atoms with van der Waals surface area (Å²) in [6, 6.07) is 23.5. The summed E-state index contributed by atoms with van der Waals surface area (Å²) in [7, 11) is 0. The molecule has 22 heavy (non-hydrogen) atoms. The highest BCUT2D eigenvalue weighted by Crippen LogP contribution is 2.36.